The quantitative estimate of drug-likeness (QED) is 0.577. The van der Waals surface area contributed by atoms with E-state index in [0.717, 1.165) is 6.42 Å². The van der Waals surface area contributed by atoms with Gasteiger partial charge in [-0.2, -0.15) is 5.10 Å². The van der Waals surface area contributed by atoms with Gasteiger partial charge in [0.1, 0.15) is 11.5 Å². The number of nitrogens with zero attached hydrogens (tertiary/aromatic N) is 2. The summed E-state index contributed by atoms with van der Waals surface area (Å²) in [5, 5.41) is 13.7. The van der Waals surface area contributed by atoms with Crippen molar-refractivity contribution in [1.82, 2.24) is 20.4 Å². The molecule has 0 aliphatic carbocycles. The first-order valence-electron chi connectivity index (χ1n) is 10.0. The van der Waals surface area contributed by atoms with Crippen LogP contribution in [0.2, 0.25) is 0 Å². The Labute approximate surface area is 177 Å². The van der Waals surface area contributed by atoms with Crippen molar-refractivity contribution in [2.75, 3.05) is 12.1 Å². The molecule has 2 amide bonds. The van der Waals surface area contributed by atoms with Gasteiger partial charge in [0, 0.05) is 24.1 Å². The van der Waals surface area contributed by atoms with Crippen LogP contribution in [0.15, 0.2) is 47.1 Å². The summed E-state index contributed by atoms with van der Waals surface area (Å²) in [5.41, 5.74) is 0.935. The predicted molar refractivity (Wildman–Crippen MR) is 109 cm³/mol. The molecule has 1 aromatic carbocycles. The Kier molecular flexibility index (Phi) is 4.83. The van der Waals surface area contributed by atoms with Crippen LogP contribution in [0.5, 0.6) is 11.5 Å². The molecule has 2 aromatic heterocycles. The second-order valence-electron chi connectivity index (χ2n) is 7.30. The summed E-state index contributed by atoms with van der Waals surface area (Å²) in [4.78, 5) is 25.1. The number of amides is 2. The second-order valence-corrected chi connectivity index (χ2v) is 7.30. The number of anilines is 1. The molecule has 2 aliphatic rings. The van der Waals surface area contributed by atoms with Crippen molar-refractivity contribution < 1.29 is 23.5 Å². The molecule has 1 fully saturated rings. The molecule has 4 heterocycles. The Morgan fingerprint density at radius 1 is 1.26 bits per heavy atom. The number of hydrogen-bond donors (Lipinski definition) is 3. The first kappa shape index (κ1) is 19.2. The van der Waals surface area contributed by atoms with E-state index in [2.05, 4.69) is 21.0 Å². The smallest absolute Gasteiger partial charge is 0.256 e. The van der Waals surface area contributed by atoms with Crippen LogP contribution in [-0.2, 0) is 4.79 Å². The minimum Gasteiger partial charge on any atom is -0.463 e. The average Bonchev–Trinajstić information content (AvgIpc) is 3.52. The van der Waals surface area contributed by atoms with Crippen LogP contribution in [0.4, 0.5) is 5.82 Å². The number of carbonyl (C=O) groups excluding carboxylic acids is 2. The molecule has 31 heavy (non-hydrogen) atoms. The summed E-state index contributed by atoms with van der Waals surface area (Å²) < 4.78 is 17.7. The molecule has 3 aromatic rings. The molecule has 2 aliphatic heterocycles. The van der Waals surface area contributed by atoms with Gasteiger partial charge in [0.25, 0.3) is 5.91 Å². The summed E-state index contributed by atoms with van der Waals surface area (Å²) in [6.07, 6.45) is 2.11. The van der Waals surface area contributed by atoms with E-state index in [0.29, 0.717) is 40.8 Å². The maximum Gasteiger partial charge on any atom is 0.256 e. The molecule has 160 valence electrons. The standard InChI is InChI=1S/C21H21N5O5/c1-2-13-9-19(27)24-21(22-13)26-18(10-14(25-26)15-4-3-7-29-15)23-20(28)12-5-6-16-17(8-12)31-11-30-16/h3-8,10,13,21-22H,2,9,11H2,1H3,(H,23,28)(H,24,27). The summed E-state index contributed by atoms with van der Waals surface area (Å²) in [6.45, 7) is 2.14. The van der Waals surface area contributed by atoms with Crippen LogP contribution in [0.25, 0.3) is 11.5 Å². The zero-order valence-corrected chi connectivity index (χ0v) is 16.8. The summed E-state index contributed by atoms with van der Waals surface area (Å²) in [6, 6.07) is 10.2. The van der Waals surface area contributed by atoms with Crippen LogP contribution in [0, 0.1) is 0 Å². The van der Waals surface area contributed by atoms with E-state index in [-0.39, 0.29) is 24.6 Å². The maximum absolute atomic E-state index is 12.9. The fourth-order valence-corrected chi connectivity index (χ4v) is 3.61. The van der Waals surface area contributed by atoms with E-state index in [9.17, 15) is 9.59 Å². The molecular formula is C21H21N5O5. The van der Waals surface area contributed by atoms with E-state index in [4.69, 9.17) is 13.9 Å². The molecular weight excluding hydrogens is 402 g/mol. The monoisotopic (exact) mass is 423 g/mol. The average molecular weight is 423 g/mol. The molecule has 3 N–H and O–H groups in total. The van der Waals surface area contributed by atoms with Gasteiger partial charge in [0.2, 0.25) is 12.7 Å². The minimum atomic E-state index is -0.609. The molecule has 10 nitrogen and oxygen atoms in total. The van der Waals surface area contributed by atoms with E-state index in [1.54, 1.807) is 47.3 Å². The van der Waals surface area contributed by atoms with E-state index in [1.165, 1.54) is 0 Å². The van der Waals surface area contributed by atoms with Crippen LogP contribution in [0.3, 0.4) is 0 Å². The highest BCUT2D eigenvalue weighted by atomic mass is 16.7. The molecule has 1 saturated heterocycles. The molecule has 5 rings (SSSR count). The zero-order valence-electron chi connectivity index (χ0n) is 16.8. The predicted octanol–water partition coefficient (Wildman–Crippen LogP) is 2.47. The first-order chi connectivity index (χ1) is 15.1. The van der Waals surface area contributed by atoms with Crippen molar-refractivity contribution in [3.05, 3.63) is 48.2 Å². The number of hydrogen-bond acceptors (Lipinski definition) is 7. The number of rotatable bonds is 5. The fraction of sp³-hybridized carbons (Fsp3) is 0.286. The van der Waals surface area contributed by atoms with Gasteiger partial charge in [0.15, 0.2) is 23.5 Å². The Morgan fingerprint density at radius 2 is 2.13 bits per heavy atom. The SMILES string of the molecule is CCC1CC(=O)NC(n2nc(-c3ccco3)cc2NC(=O)c2ccc3c(c2)OCO3)N1. The van der Waals surface area contributed by atoms with Gasteiger partial charge in [-0.1, -0.05) is 6.92 Å². The first-order valence-corrected chi connectivity index (χ1v) is 10.0. The van der Waals surface area contributed by atoms with Crippen LogP contribution in [0.1, 0.15) is 36.4 Å². The van der Waals surface area contributed by atoms with E-state index in [1.807, 2.05) is 6.92 Å². The van der Waals surface area contributed by atoms with E-state index >= 15 is 0 Å². The molecule has 0 radical (unpaired) electrons. The Hall–Kier alpha value is -3.79. The topological polar surface area (TPSA) is 120 Å². The Balaban J connectivity index is 1.46. The van der Waals surface area contributed by atoms with Crippen molar-refractivity contribution in [1.29, 1.82) is 0 Å². The lowest BCUT2D eigenvalue weighted by Crippen LogP contribution is -2.53. The highest BCUT2D eigenvalue weighted by Gasteiger charge is 2.29. The normalized spacial score (nSPS) is 19.8. The third kappa shape index (κ3) is 3.73. The Bertz CT molecular complexity index is 1120. The van der Waals surface area contributed by atoms with Crippen LogP contribution in [-0.4, -0.2) is 34.4 Å². The number of aromatic nitrogens is 2. The number of benzene rings is 1. The highest BCUT2D eigenvalue weighted by molar-refractivity contribution is 6.04. The van der Waals surface area contributed by atoms with Crippen molar-refractivity contribution in [2.24, 2.45) is 0 Å². The minimum absolute atomic E-state index is 0.00687. The van der Waals surface area contributed by atoms with Gasteiger partial charge < -0.3 is 24.5 Å². The summed E-state index contributed by atoms with van der Waals surface area (Å²) in [5.74, 6) is 1.64. The van der Waals surface area contributed by atoms with Crippen molar-refractivity contribution in [2.45, 2.75) is 32.1 Å². The largest absolute Gasteiger partial charge is 0.463 e. The Morgan fingerprint density at radius 3 is 2.94 bits per heavy atom. The lowest BCUT2D eigenvalue weighted by atomic mass is 10.1. The second kappa shape index (κ2) is 7.80. The zero-order chi connectivity index (χ0) is 21.4. The van der Waals surface area contributed by atoms with Gasteiger partial charge in [-0.25, -0.2) is 4.68 Å². The van der Waals surface area contributed by atoms with Gasteiger partial charge in [-0.3, -0.25) is 14.9 Å². The molecule has 10 heteroatoms. The van der Waals surface area contributed by atoms with Crippen LogP contribution < -0.4 is 25.4 Å². The maximum atomic E-state index is 12.9. The van der Waals surface area contributed by atoms with Gasteiger partial charge >= 0.3 is 0 Å². The number of carbonyl (C=O) groups is 2. The lowest BCUT2D eigenvalue weighted by Gasteiger charge is -2.31. The van der Waals surface area contributed by atoms with Gasteiger partial charge in [-0.05, 0) is 36.8 Å². The molecule has 0 spiro atoms. The fourth-order valence-electron chi connectivity index (χ4n) is 3.61. The number of ether oxygens (including phenoxy) is 2. The third-order valence-electron chi connectivity index (χ3n) is 5.25. The number of furan rings is 1. The van der Waals surface area contributed by atoms with E-state index < -0.39 is 6.29 Å². The number of nitrogens with one attached hydrogen (secondary N) is 3. The molecule has 2 atom stereocenters. The van der Waals surface area contributed by atoms with Crippen LogP contribution >= 0.6 is 0 Å². The number of fused-ring (bicyclic) bond motifs is 1. The lowest BCUT2D eigenvalue weighted by molar-refractivity contribution is -0.125. The molecule has 0 bridgehead atoms. The molecule has 2 unspecified atom stereocenters. The third-order valence-corrected chi connectivity index (χ3v) is 5.25. The molecule has 0 saturated carbocycles. The summed E-state index contributed by atoms with van der Waals surface area (Å²) in [7, 11) is 0. The summed E-state index contributed by atoms with van der Waals surface area (Å²) >= 11 is 0. The van der Waals surface area contributed by atoms with Gasteiger partial charge in [0.05, 0.1) is 6.26 Å². The van der Waals surface area contributed by atoms with Gasteiger partial charge in [-0.15, -0.1) is 0 Å². The van der Waals surface area contributed by atoms with Crippen molar-refractivity contribution in [3.8, 4) is 23.0 Å². The van der Waals surface area contributed by atoms with Crippen molar-refractivity contribution in [3.63, 3.8) is 0 Å². The van der Waals surface area contributed by atoms with Crippen molar-refractivity contribution >= 4 is 17.6 Å². The highest BCUT2D eigenvalue weighted by Crippen LogP contribution is 2.33.